The van der Waals surface area contributed by atoms with Gasteiger partial charge in [-0.2, -0.15) is 0 Å². The van der Waals surface area contributed by atoms with Crippen LogP contribution in [-0.2, 0) is 11.2 Å². The van der Waals surface area contributed by atoms with Crippen LogP contribution in [0, 0.1) is 0 Å². The Balaban J connectivity index is 1.39. The number of fused-ring (bicyclic) bond motifs is 2. The van der Waals surface area contributed by atoms with Gasteiger partial charge in [0, 0.05) is 17.4 Å². The van der Waals surface area contributed by atoms with Crippen LogP contribution in [0.15, 0.2) is 52.9 Å². The van der Waals surface area contributed by atoms with E-state index in [9.17, 15) is 4.79 Å². The van der Waals surface area contributed by atoms with Crippen LogP contribution in [0.1, 0.15) is 38.1 Å². The molecule has 2 heterocycles. The molecule has 0 saturated heterocycles. The minimum absolute atomic E-state index is 0.0786. The van der Waals surface area contributed by atoms with Gasteiger partial charge in [-0.05, 0) is 39.0 Å². The van der Waals surface area contributed by atoms with Crippen LogP contribution in [-0.4, -0.2) is 18.1 Å². The van der Waals surface area contributed by atoms with E-state index < -0.39 is 0 Å². The number of hydrogen-bond donors (Lipinski definition) is 1. The molecule has 0 spiro atoms. The van der Waals surface area contributed by atoms with Gasteiger partial charge in [0.25, 0.3) is 5.91 Å². The largest absolute Gasteiger partial charge is 0.483 e. The second-order valence-corrected chi connectivity index (χ2v) is 7.55. The molecule has 1 amide bonds. The summed E-state index contributed by atoms with van der Waals surface area (Å²) in [6, 6.07) is 15.3. The van der Waals surface area contributed by atoms with Crippen molar-refractivity contribution < 1.29 is 18.7 Å². The lowest BCUT2D eigenvalue weighted by Crippen LogP contribution is -2.31. The molecule has 0 bridgehead atoms. The van der Waals surface area contributed by atoms with Crippen molar-refractivity contribution in [3.63, 3.8) is 0 Å². The summed E-state index contributed by atoms with van der Waals surface area (Å²) in [5.74, 6) is 1.85. The molecule has 0 unspecified atom stereocenters. The first kappa shape index (κ1) is 17.5. The van der Waals surface area contributed by atoms with E-state index in [0.717, 1.165) is 34.5 Å². The summed E-state index contributed by atoms with van der Waals surface area (Å²) in [5.41, 5.74) is 1.66. The van der Waals surface area contributed by atoms with E-state index in [2.05, 4.69) is 5.32 Å². The van der Waals surface area contributed by atoms with Crippen LogP contribution in [0.5, 0.6) is 11.5 Å². The normalized spacial score (nSPS) is 15.8. The van der Waals surface area contributed by atoms with Crippen LogP contribution in [0.2, 0.25) is 0 Å². The molecule has 3 aromatic rings. The van der Waals surface area contributed by atoms with Crippen molar-refractivity contribution in [3.8, 4) is 11.5 Å². The molecular weight excluding hydrogens is 342 g/mol. The first-order valence-electron chi connectivity index (χ1n) is 9.13. The van der Waals surface area contributed by atoms with Gasteiger partial charge in [-0.3, -0.25) is 4.79 Å². The average Bonchev–Trinajstić information content (AvgIpc) is 3.19. The third-order valence-corrected chi connectivity index (χ3v) is 4.66. The van der Waals surface area contributed by atoms with Crippen molar-refractivity contribution in [2.24, 2.45) is 0 Å². The maximum atomic E-state index is 12.3. The van der Waals surface area contributed by atoms with Crippen molar-refractivity contribution in [2.75, 3.05) is 6.61 Å². The predicted molar refractivity (Wildman–Crippen MR) is 103 cm³/mol. The molecule has 0 saturated carbocycles. The zero-order chi connectivity index (χ0) is 19.0. The fraction of sp³-hybridized carbons (Fsp3) is 0.318. The van der Waals surface area contributed by atoms with Crippen molar-refractivity contribution in [3.05, 3.63) is 59.9 Å². The van der Waals surface area contributed by atoms with Gasteiger partial charge in [0.15, 0.2) is 18.1 Å². The number of rotatable bonds is 5. The number of carbonyl (C=O) groups excluding carboxylic acids is 1. The van der Waals surface area contributed by atoms with Crippen LogP contribution < -0.4 is 14.8 Å². The molecule has 1 aliphatic heterocycles. The highest BCUT2D eigenvalue weighted by atomic mass is 16.5. The lowest BCUT2D eigenvalue weighted by molar-refractivity contribution is -0.123. The quantitative estimate of drug-likeness (QED) is 0.728. The molecule has 0 fully saturated rings. The van der Waals surface area contributed by atoms with E-state index in [1.165, 1.54) is 0 Å². The molecule has 4 rings (SSSR count). The molecule has 1 aliphatic rings. The number of para-hydroxylation sites is 2. The van der Waals surface area contributed by atoms with Gasteiger partial charge in [-0.15, -0.1) is 0 Å². The summed E-state index contributed by atoms with van der Waals surface area (Å²) < 4.78 is 17.5. The van der Waals surface area contributed by atoms with E-state index in [4.69, 9.17) is 13.9 Å². The van der Waals surface area contributed by atoms with Gasteiger partial charge < -0.3 is 19.2 Å². The number of ether oxygens (including phenoxy) is 2. The summed E-state index contributed by atoms with van der Waals surface area (Å²) in [4.78, 5) is 12.3. The summed E-state index contributed by atoms with van der Waals surface area (Å²) in [6.45, 7) is 5.89. The molecule has 0 aliphatic carbocycles. The molecule has 1 atom stereocenters. The first-order chi connectivity index (χ1) is 12.9. The van der Waals surface area contributed by atoms with Crippen molar-refractivity contribution in [1.29, 1.82) is 0 Å². The first-order valence-corrected chi connectivity index (χ1v) is 9.13. The van der Waals surface area contributed by atoms with Gasteiger partial charge in [-0.25, -0.2) is 0 Å². The Morgan fingerprint density at radius 2 is 2.04 bits per heavy atom. The number of hydrogen-bond acceptors (Lipinski definition) is 4. The highest BCUT2D eigenvalue weighted by Gasteiger charge is 2.32. The fourth-order valence-corrected chi connectivity index (χ4v) is 3.41. The molecule has 2 aromatic carbocycles. The zero-order valence-electron chi connectivity index (χ0n) is 15.7. The van der Waals surface area contributed by atoms with Crippen LogP contribution in [0.3, 0.4) is 0 Å². The smallest absolute Gasteiger partial charge is 0.258 e. The number of carbonyl (C=O) groups is 1. The topological polar surface area (TPSA) is 60.7 Å². The lowest BCUT2D eigenvalue weighted by Gasteiger charge is -2.18. The third-order valence-electron chi connectivity index (χ3n) is 4.66. The molecule has 27 heavy (non-hydrogen) atoms. The maximum Gasteiger partial charge on any atom is 0.258 e. The molecule has 1 N–H and O–H groups in total. The van der Waals surface area contributed by atoms with Crippen LogP contribution in [0.4, 0.5) is 0 Å². The Labute approximate surface area is 158 Å². The summed E-state index contributed by atoms with van der Waals surface area (Å²) in [7, 11) is 0. The molecule has 0 radical (unpaired) electrons. The average molecular weight is 365 g/mol. The molecule has 140 valence electrons. The van der Waals surface area contributed by atoms with Crippen molar-refractivity contribution in [1.82, 2.24) is 5.32 Å². The van der Waals surface area contributed by atoms with Gasteiger partial charge in [0.2, 0.25) is 0 Å². The van der Waals surface area contributed by atoms with Crippen molar-refractivity contribution in [2.45, 2.75) is 38.8 Å². The second-order valence-electron chi connectivity index (χ2n) is 7.55. The summed E-state index contributed by atoms with van der Waals surface area (Å²) in [5, 5.41) is 3.93. The Hall–Kier alpha value is -2.95. The predicted octanol–water partition coefficient (Wildman–Crippen LogP) is 4.40. The Kier molecular flexibility index (Phi) is 4.30. The minimum Gasteiger partial charge on any atom is -0.483 e. The Morgan fingerprint density at radius 1 is 1.22 bits per heavy atom. The highest BCUT2D eigenvalue weighted by molar-refractivity contribution is 5.80. The van der Waals surface area contributed by atoms with Gasteiger partial charge in [-0.1, -0.05) is 30.3 Å². The van der Waals surface area contributed by atoms with Crippen LogP contribution in [0.25, 0.3) is 11.0 Å². The molecule has 1 aromatic heterocycles. The Bertz CT molecular complexity index is 956. The Morgan fingerprint density at radius 3 is 2.85 bits per heavy atom. The number of nitrogens with one attached hydrogen (secondary N) is 1. The van der Waals surface area contributed by atoms with E-state index in [-0.39, 0.29) is 24.2 Å². The SMILES string of the molecule is C[C@H](NC(=O)COc1cccc2c1OC(C)(C)C2)c1cc2ccccc2o1. The standard InChI is InChI=1S/C22H23NO4/c1-14(19-11-15-7-4-5-9-17(15)26-19)23-20(24)13-25-18-10-6-8-16-12-22(2,3)27-21(16)18/h4-11,14H,12-13H2,1-3H3,(H,23,24)/t14-/m0/s1. The minimum atomic E-state index is -0.250. The fourth-order valence-electron chi connectivity index (χ4n) is 3.41. The number of benzene rings is 2. The highest BCUT2D eigenvalue weighted by Crippen LogP contribution is 2.41. The third kappa shape index (κ3) is 3.63. The summed E-state index contributed by atoms with van der Waals surface area (Å²) in [6.07, 6.45) is 0.828. The van der Waals surface area contributed by atoms with Gasteiger partial charge >= 0.3 is 0 Å². The van der Waals surface area contributed by atoms with Crippen LogP contribution >= 0.6 is 0 Å². The van der Waals surface area contributed by atoms with Gasteiger partial charge in [0.05, 0.1) is 6.04 Å². The molecular formula is C22H23NO4. The van der Waals surface area contributed by atoms with Gasteiger partial charge in [0.1, 0.15) is 16.9 Å². The van der Waals surface area contributed by atoms with E-state index >= 15 is 0 Å². The van der Waals surface area contributed by atoms with E-state index in [1.807, 2.05) is 69.3 Å². The lowest BCUT2D eigenvalue weighted by atomic mass is 10.0. The zero-order valence-corrected chi connectivity index (χ0v) is 15.7. The maximum absolute atomic E-state index is 12.3. The monoisotopic (exact) mass is 365 g/mol. The van der Waals surface area contributed by atoms with E-state index in [0.29, 0.717) is 5.75 Å². The number of furan rings is 1. The second kappa shape index (κ2) is 6.65. The summed E-state index contributed by atoms with van der Waals surface area (Å²) >= 11 is 0. The molecule has 5 heteroatoms. The van der Waals surface area contributed by atoms with Crippen molar-refractivity contribution >= 4 is 16.9 Å². The van der Waals surface area contributed by atoms with E-state index in [1.54, 1.807) is 0 Å². The number of amides is 1. The molecule has 5 nitrogen and oxygen atoms in total.